The number of hydrogen-bond donors (Lipinski definition) is 0. The van der Waals surface area contributed by atoms with Gasteiger partial charge in [-0.2, -0.15) is 8.78 Å². The van der Waals surface area contributed by atoms with E-state index >= 15 is 0 Å². The van der Waals surface area contributed by atoms with Crippen LogP contribution in [0.15, 0.2) is 24.3 Å². The molecule has 0 aliphatic carbocycles. The summed E-state index contributed by atoms with van der Waals surface area (Å²) in [5.74, 6) is 0. The lowest BCUT2D eigenvalue weighted by atomic mass is 10.2. The molecular formula is C9H9F2I. The van der Waals surface area contributed by atoms with E-state index in [1.807, 2.05) is 6.92 Å². The summed E-state index contributed by atoms with van der Waals surface area (Å²) in [6, 6.07) is 6.34. The number of hydrogen-bond acceptors (Lipinski definition) is 0. The molecule has 66 valence electrons. The smallest absolute Gasteiger partial charge is 0.190 e. The highest BCUT2D eigenvalue weighted by molar-refractivity contribution is 14.2. The van der Waals surface area contributed by atoms with Gasteiger partial charge in [-0.25, -0.2) is 0 Å². The molecule has 0 saturated carbocycles. The monoisotopic (exact) mass is 282 g/mol. The maximum atomic E-state index is 13.0. The van der Waals surface area contributed by atoms with Crippen molar-refractivity contribution in [1.29, 1.82) is 0 Å². The molecule has 0 radical (unpaired) electrons. The summed E-state index contributed by atoms with van der Waals surface area (Å²) in [6.45, 7) is 1.88. The fourth-order valence-corrected chi connectivity index (χ4v) is 1.62. The standard InChI is InChI=1S/C9H9F2I/c1-7-3-5-8(6-4-7)9(10,11)12-2/h3-6H,2H2,1H3. The Bertz CT molecular complexity index is 277. The Balaban J connectivity index is 3.04. The molecule has 0 aromatic heterocycles. The molecule has 0 unspecified atom stereocenters. The molecule has 0 saturated heterocycles. The van der Waals surface area contributed by atoms with Crippen LogP contribution in [0.3, 0.4) is 0 Å². The second-order valence-corrected chi connectivity index (χ2v) is 4.62. The van der Waals surface area contributed by atoms with E-state index in [0.29, 0.717) is 0 Å². The second kappa shape index (κ2) is 3.60. The van der Waals surface area contributed by atoms with Gasteiger partial charge < -0.3 is 0 Å². The molecule has 0 N–H and O–H groups in total. The van der Waals surface area contributed by atoms with Crippen LogP contribution >= 0.6 is 20.7 Å². The number of rotatable bonds is 2. The topological polar surface area (TPSA) is 0 Å². The summed E-state index contributed by atoms with van der Waals surface area (Å²) in [6.07, 6.45) is 0. The highest BCUT2D eigenvalue weighted by Gasteiger charge is 2.27. The van der Waals surface area contributed by atoms with E-state index in [1.54, 1.807) is 12.1 Å². The maximum Gasteiger partial charge on any atom is 0.316 e. The third-order valence-electron chi connectivity index (χ3n) is 1.55. The minimum Gasteiger partial charge on any atom is -0.190 e. The van der Waals surface area contributed by atoms with Gasteiger partial charge in [0.25, 0.3) is 0 Å². The van der Waals surface area contributed by atoms with E-state index in [0.717, 1.165) is 5.56 Å². The molecule has 12 heavy (non-hydrogen) atoms. The Kier molecular flexibility index (Phi) is 2.93. The third-order valence-corrected chi connectivity index (χ3v) is 3.13. The molecule has 0 aliphatic heterocycles. The van der Waals surface area contributed by atoms with E-state index in [9.17, 15) is 8.78 Å². The number of halogens is 3. The van der Waals surface area contributed by atoms with Crippen LogP contribution in [0.25, 0.3) is 0 Å². The first-order valence-corrected chi connectivity index (χ1v) is 6.01. The van der Waals surface area contributed by atoms with Crippen LogP contribution in [0, 0.1) is 6.92 Å². The van der Waals surface area contributed by atoms with Crippen LogP contribution < -0.4 is 0 Å². The van der Waals surface area contributed by atoms with Crippen molar-refractivity contribution in [2.75, 3.05) is 0 Å². The molecule has 0 bridgehead atoms. The molecule has 0 aliphatic rings. The normalized spacial score (nSPS) is 11.6. The van der Waals surface area contributed by atoms with E-state index < -0.39 is 24.7 Å². The predicted octanol–water partition coefficient (Wildman–Crippen LogP) is 3.45. The minimum atomic E-state index is -2.67. The molecule has 0 spiro atoms. The fourth-order valence-electron chi connectivity index (χ4n) is 0.820. The summed E-state index contributed by atoms with van der Waals surface area (Å²) in [5, 5.41) is 0. The lowest BCUT2D eigenvalue weighted by Gasteiger charge is -2.10. The Morgan fingerprint density at radius 3 is 2.17 bits per heavy atom. The molecule has 1 rings (SSSR count). The summed E-state index contributed by atoms with van der Waals surface area (Å²) >= 11 is -1.31. The van der Waals surface area contributed by atoms with Crippen molar-refractivity contribution in [3.8, 4) is 0 Å². The Hall–Kier alpha value is -0.320. The molecular weight excluding hydrogens is 273 g/mol. The van der Waals surface area contributed by atoms with Crippen LogP contribution in [0.5, 0.6) is 0 Å². The van der Waals surface area contributed by atoms with E-state index in [2.05, 4.69) is 4.51 Å². The van der Waals surface area contributed by atoms with E-state index in [-0.39, 0.29) is 5.56 Å². The van der Waals surface area contributed by atoms with Crippen molar-refractivity contribution < 1.29 is 8.78 Å². The molecule has 0 fully saturated rings. The molecule has 0 amide bonds. The van der Waals surface area contributed by atoms with Gasteiger partial charge >= 0.3 is 3.93 Å². The minimum absolute atomic E-state index is 0.0934. The van der Waals surface area contributed by atoms with Crippen molar-refractivity contribution in [2.45, 2.75) is 10.9 Å². The molecule has 1 aromatic rings. The molecule has 0 heterocycles. The number of aryl methyl sites for hydroxylation is 1. The van der Waals surface area contributed by atoms with Crippen LogP contribution in [-0.2, 0) is 3.93 Å². The first-order valence-electron chi connectivity index (χ1n) is 3.41. The van der Waals surface area contributed by atoms with Gasteiger partial charge in [-0.15, -0.1) is 0 Å². The largest absolute Gasteiger partial charge is 0.316 e. The zero-order chi connectivity index (χ0) is 9.19. The number of alkyl halides is 3. The third kappa shape index (κ3) is 2.09. The molecule has 1 aromatic carbocycles. The molecule has 0 nitrogen and oxygen atoms in total. The Labute approximate surface area is 80.4 Å². The lowest BCUT2D eigenvalue weighted by Crippen LogP contribution is -2.02. The highest BCUT2D eigenvalue weighted by Crippen LogP contribution is 2.38. The lowest BCUT2D eigenvalue weighted by molar-refractivity contribution is 0.127. The molecule has 0 atom stereocenters. The van der Waals surface area contributed by atoms with Gasteiger partial charge in [-0.05, 0) is 27.7 Å². The summed E-state index contributed by atoms with van der Waals surface area (Å²) in [4.78, 5) is 0. The predicted molar refractivity (Wildman–Crippen MR) is 56.2 cm³/mol. The van der Waals surface area contributed by atoms with Gasteiger partial charge in [0.2, 0.25) is 0 Å². The van der Waals surface area contributed by atoms with Crippen molar-refractivity contribution >= 4 is 25.2 Å². The van der Waals surface area contributed by atoms with Crippen molar-refractivity contribution in [2.24, 2.45) is 0 Å². The first-order chi connectivity index (χ1) is 5.56. The van der Waals surface area contributed by atoms with Gasteiger partial charge in [0.15, 0.2) is 0 Å². The van der Waals surface area contributed by atoms with Crippen LogP contribution in [0.2, 0.25) is 0 Å². The first kappa shape index (κ1) is 9.77. The fraction of sp³-hybridized carbons (Fsp3) is 0.222. The maximum absolute atomic E-state index is 13.0. The Morgan fingerprint density at radius 2 is 1.75 bits per heavy atom. The summed E-state index contributed by atoms with van der Waals surface area (Å²) in [7, 11) is 0. The van der Waals surface area contributed by atoms with Gasteiger partial charge in [0.1, 0.15) is 0 Å². The van der Waals surface area contributed by atoms with Gasteiger partial charge in [-0.3, -0.25) is 0 Å². The zero-order valence-electron chi connectivity index (χ0n) is 6.65. The van der Waals surface area contributed by atoms with Crippen LogP contribution in [-0.4, -0.2) is 4.51 Å². The second-order valence-electron chi connectivity index (χ2n) is 2.50. The van der Waals surface area contributed by atoms with Crippen molar-refractivity contribution in [1.82, 2.24) is 0 Å². The van der Waals surface area contributed by atoms with Crippen LogP contribution in [0.1, 0.15) is 11.1 Å². The highest BCUT2D eigenvalue weighted by atomic mass is 127. The quantitative estimate of drug-likeness (QED) is 0.575. The summed E-state index contributed by atoms with van der Waals surface area (Å²) < 4.78 is 26.6. The SMILES string of the molecule is C=IC(F)(F)c1ccc(C)cc1. The van der Waals surface area contributed by atoms with Crippen LogP contribution in [0.4, 0.5) is 8.78 Å². The number of benzene rings is 1. The van der Waals surface area contributed by atoms with Gasteiger partial charge in [0, 0.05) is 5.56 Å². The van der Waals surface area contributed by atoms with E-state index in [4.69, 9.17) is 0 Å². The van der Waals surface area contributed by atoms with Crippen molar-refractivity contribution in [3.05, 3.63) is 35.4 Å². The van der Waals surface area contributed by atoms with Gasteiger partial charge in [0.05, 0.1) is 0 Å². The van der Waals surface area contributed by atoms with E-state index in [1.165, 1.54) is 12.1 Å². The average Bonchev–Trinajstić information content (AvgIpc) is 2.05. The average molecular weight is 282 g/mol. The zero-order valence-corrected chi connectivity index (χ0v) is 8.81. The molecule has 3 heteroatoms. The van der Waals surface area contributed by atoms with Gasteiger partial charge in [-0.1, -0.05) is 34.3 Å². The summed E-state index contributed by atoms with van der Waals surface area (Å²) in [5.41, 5.74) is 1.09. The Morgan fingerprint density at radius 1 is 1.25 bits per heavy atom. The van der Waals surface area contributed by atoms with Crippen molar-refractivity contribution in [3.63, 3.8) is 0 Å².